The highest BCUT2D eigenvalue weighted by molar-refractivity contribution is 5.19. The number of hydrogen-bond donors (Lipinski definition) is 0. The number of hydrogen-bond acceptors (Lipinski definition) is 0. The Hall–Kier alpha value is -1.04. The Morgan fingerprint density at radius 1 is 0.500 bits per heavy atom. The van der Waals surface area contributed by atoms with Crippen molar-refractivity contribution >= 4 is 0 Å². The Bertz CT molecular complexity index is 156. The molecule has 0 atom stereocenters. The highest BCUT2D eigenvalue weighted by Gasteiger charge is 1.77. The third-order valence-electron chi connectivity index (χ3n) is 1.46. The van der Waals surface area contributed by atoms with Gasteiger partial charge in [-0.3, -0.25) is 0 Å². The molecule has 0 heteroatoms. The number of allylic oxidation sites excluding steroid dienone is 4. The molecule has 0 radical (unpaired) electrons. The fourth-order valence-corrected chi connectivity index (χ4v) is 0. The van der Waals surface area contributed by atoms with Crippen LogP contribution in [0.25, 0.3) is 0 Å². The molecular weight excluding hydrogens is 144 g/mol. The van der Waals surface area contributed by atoms with Crippen molar-refractivity contribution in [3.05, 3.63) is 48.6 Å². The minimum Gasteiger partial charge on any atom is -0.0959 e. The van der Waals surface area contributed by atoms with Crippen molar-refractivity contribution in [1.29, 1.82) is 0 Å². The Balaban J connectivity index is 0. The summed E-state index contributed by atoms with van der Waals surface area (Å²) in [6.45, 7) is 22.4. The maximum absolute atomic E-state index is 3.66. The van der Waals surface area contributed by atoms with E-state index in [1.165, 1.54) is 0 Å². The van der Waals surface area contributed by atoms with Crippen LogP contribution in [0.15, 0.2) is 48.6 Å². The van der Waals surface area contributed by atoms with E-state index in [2.05, 4.69) is 26.3 Å². The summed E-state index contributed by atoms with van der Waals surface area (Å²) in [6, 6.07) is 0. The van der Waals surface area contributed by atoms with Gasteiger partial charge in [0.15, 0.2) is 0 Å². The van der Waals surface area contributed by atoms with Crippen LogP contribution in [0, 0.1) is 0 Å². The van der Waals surface area contributed by atoms with E-state index in [0.29, 0.717) is 0 Å². The summed E-state index contributed by atoms with van der Waals surface area (Å²) in [4.78, 5) is 0. The van der Waals surface area contributed by atoms with Gasteiger partial charge in [-0.1, -0.05) is 48.6 Å². The lowest BCUT2D eigenvalue weighted by Crippen LogP contribution is -1.67. The highest BCUT2D eigenvalue weighted by atomic mass is 13.8. The van der Waals surface area contributed by atoms with E-state index in [9.17, 15) is 0 Å². The van der Waals surface area contributed by atoms with E-state index in [-0.39, 0.29) is 0 Å². The lowest BCUT2D eigenvalue weighted by Gasteiger charge is -1.88. The maximum atomic E-state index is 3.66. The van der Waals surface area contributed by atoms with E-state index < -0.39 is 0 Å². The molecule has 0 nitrogen and oxygen atoms in total. The fourth-order valence-electron chi connectivity index (χ4n) is 0. The SMILES string of the molecule is C=C(C)C(=C)C.C=C(C)C(=C)C. The number of rotatable bonds is 2. The Morgan fingerprint density at radius 3 is 0.583 bits per heavy atom. The normalized spacial score (nSPS) is 7.67. The van der Waals surface area contributed by atoms with Crippen LogP contribution in [-0.4, -0.2) is 0 Å². The summed E-state index contributed by atoms with van der Waals surface area (Å²) in [6.07, 6.45) is 0. The summed E-state index contributed by atoms with van der Waals surface area (Å²) in [7, 11) is 0. The predicted octanol–water partition coefficient (Wildman–Crippen LogP) is 4.28. The third kappa shape index (κ3) is 11.7. The van der Waals surface area contributed by atoms with Crippen LogP contribution >= 0.6 is 0 Å². The first kappa shape index (κ1) is 13.5. The van der Waals surface area contributed by atoms with E-state index in [1.54, 1.807) is 0 Å². The molecule has 12 heavy (non-hydrogen) atoms. The average Bonchev–Trinajstić information content (AvgIpc) is 1.88. The summed E-state index contributed by atoms with van der Waals surface area (Å²) in [5, 5.41) is 0. The molecule has 0 unspecified atom stereocenters. The van der Waals surface area contributed by atoms with Gasteiger partial charge >= 0.3 is 0 Å². The zero-order chi connectivity index (χ0) is 10.3. The van der Waals surface area contributed by atoms with Crippen LogP contribution in [0.1, 0.15) is 27.7 Å². The van der Waals surface area contributed by atoms with E-state index in [0.717, 1.165) is 22.3 Å². The molecule has 0 aromatic carbocycles. The van der Waals surface area contributed by atoms with Crippen molar-refractivity contribution in [3.63, 3.8) is 0 Å². The molecule has 0 fully saturated rings. The topological polar surface area (TPSA) is 0 Å². The Labute approximate surface area is 77.0 Å². The van der Waals surface area contributed by atoms with Gasteiger partial charge in [-0.2, -0.15) is 0 Å². The molecular formula is C12H20. The molecule has 0 aliphatic heterocycles. The zero-order valence-corrected chi connectivity index (χ0v) is 8.83. The van der Waals surface area contributed by atoms with Crippen molar-refractivity contribution in [3.8, 4) is 0 Å². The molecule has 0 rings (SSSR count). The average molecular weight is 164 g/mol. The second-order valence-corrected chi connectivity index (χ2v) is 3.12. The molecule has 0 aromatic rings. The Kier molecular flexibility index (Phi) is 7.51. The standard InChI is InChI=1S/2C6H10/c2*1-5(2)6(3)4/h2*1,3H2,2,4H3. The van der Waals surface area contributed by atoms with Crippen molar-refractivity contribution in [2.45, 2.75) is 27.7 Å². The molecule has 0 aliphatic carbocycles. The van der Waals surface area contributed by atoms with Crippen LogP contribution in [-0.2, 0) is 0 Å². The van der Waals surface area contributed by atoms with Crippen molar-refractivity contribution in [2.75, 3.05) is 0 Å². The molecule has 0 spiro atoms. The molecule has 0 aliphatic rings. The first-order chi connectivity index (χ1) is 5.29. The van der Waals surface area contributed by atoms with Crippen LogP contribution in [0.3, 0.4) is 0 Å². The second kappa shape index (κ2) is 6.66. The van der Waals surface area contributed by atoms with Crippen LogP contribution in [0.4, 0.5) is 0 Å². The second-order valence-electron chi connectivity index (χ2n) is 3.12. The minimum absolute atomic E-state index is 1.06. The van der Waals surface area contributed by atoms with E-state index in [4.69, 9.17) is 0 Å². The summed E-state index contributed by atoms with van der Waals surface area (Å²) < 4.78 is 0. The largest absolute Gasteiger partial charge is 0.0959 e. The molecule has 0 amide bonds. The highest BCUT2D eigenvalue weighted by Crippen LogP contribution is 1.98. The molecule has 68 valence electrons. The summed E-state index contributed by atoms with van der Waals surface area (Å²) in [5.74, 6) is 0. The van der Waals surface area contributed by atoms with Crippen LogP contribution < -0.4 is 0 Å². The van der Waals surface area contributed by atoms with Crippen molar-refractivity contribution in [2.24, 2.45) is 0 Å². The Morgan fingerprint density at radius 2 is 0.583 bits per heavy atom. The first-order valence-electron chi connectivity index (χ1n) is 3.91. The van der Waals surface area contributed by atoms with Crippen molar-refractivity contribution < 1.29 is 0 Å². The predicted molar refractivity (Wildman–Crippen MR) is 59.3 cm³/mol. The van der Waals surface area contributed by atoms with Crippen LogP contribution in [0.2, 0.25) is 0 Å². The zero-order valence-electron chi connectivity index (χ0n) is 8.83. The van der Waals surface area contributed by atoms with Gasteiger partial charge in [0.2, 0.25) is 0 Å². The molecule has 0 saturated carbocycles. The molecule has 0 aromatic heterocycles. The first-order valence-corrected chi connectivity index (χ1v) is 3.91. The van der Waals surface area contributed by atoms with E-state index >= 15 is 0 Å². The van der Waals surface area contributed by atoms with Gasteiger partial charge in [0.05, 0.1) is 0 Å². The fraction of sp³-hybridized carbons (Fsp3) is 0.333. The van der Waals surface area contributed by atoms with Gasteiger partial charge in [-0.25, -0.2) is 0 Å². The van der Waals surface area contributed by atoms with E-state index in [1.807, 2.05) is 27.7 Å². The van der Waals surface area contributed by atoms with Gasteiger partial charge < -0.3 is 0 Å². The monoisotopic (exact) mass is 164 g/mol. The third-order valence-corrected chi connectivity index (χ3v) is 1.46. The quantitative estimate of drug-likeness (QED) is 0.534. The van der Waals surface area contributed by atoms with Gasteiger partial charge in [0.25, 0.3) is 0 Å². The van der Waals surface area contributed by atoms with Crippen molar-refractivity contribution in [1.82, 2.24) is 0 Å². The van der Waals surface area contributed by atoms with Gasteiger partial charge in [-0.15, -0.1) is 0 Å². The molecule has 0 N–H and O–H groups in total. The van der Waals surface area contributed by atoms with Gasteiger partial charge in [-0.05, 0) is 27.7 Å². The lowest BCUT2D eigenvalue weighted by atomic mass is 10.2. The maximum Gasteiger partial charge on any atom is -0.0401 e. The van der Waals surface area contributed by atoms with Crippen LogP contribution in [0.5, 0.6) is 0 Å². The summed E-state index contributed by atoms with van der Waals surface area (Å²) in [5.41, 5.74) is 4.26. The molecule has 0 saturated heterocycles. The minimum atomic E-state index is 1.06. The summed E-state index contributed by atoms with van der Waals surface area (Å²) >= 11 is 0. The smallest absolute Gasteiger partial charge is 0.0401 e. The molecule has 0 bridgehead atoms. The van der Waals surface area contributed by atoms with Gasteiger partial charge in [0, 0.05) is 0 Å². The lowest BCUT2D eigenvalue weighted by molar-refractivity contribution is 1.39. The van der Waals surface area contributed by atoms with Gasteiger partial charge in [0.1, 0.15) is 0 Å². The molecule has 0 heterocycles.